The van der Waals surface area contributed by atoms with Gasteiger partial charge in [-0.2, -0.15) is 0 Å². The maximum Gasteiger partial charge on any atom is 0.174 e. The van der Waals surface area contributed by atoms with Gasteiger partial charge in [0.15, 0.2) is 5.11 Å². The second-order valence-corrected chi connectivity index (χ2v) is 9.08. The van der Waals surface area contributed by atoms with Crippen LogP contribution in [0.15, 0.2) is 60.9 Å². The zero-order valence-electron chi connectivity index (χ0n) is 17.1. The Morgan fingerprint density at radius 2 is 1.90 bits per heavy atom. The van der Waals surface area contributed by atoms with E-state index in [1.807, 2.05) is 23.1 Å². The van der Waals surface area contributed by atoms with Crippen molar-refractivity contribution in [1.29, 1.82) is 0 Å². The van der Waals surface area contributed by atoms with E-state index in [1.54, 1.807) is 24.4 Å². The maximum absolute atomic E-state index is 10.7. The standard InChI is InChI=1S/C24H25ClN4OS/c25-16-11-12-21(30)20(15-16)29-23(22(27-24(29)31)18-9-4-5-13-26-18)19-10-6-14-28(19)17-7-2-1-3-8-17/h4-6,9-15,17,22-23,30H,1-3,7-8H2,(H,27,31). The Morgan fingerprint density at radius 3 is 2.68 bits per heavy atom. The Morgan fingerprint density at radius 1 is 1.06 bits per heavy atom. The highest BCUT2D eigenvalue weighted by Crippen LogP contribution is 2.46. The number of nitrogens with zero attached hydrogens (tertiary/aromatic N) is 3. The van der Waals surface area contributed by atoms with Crippen molar-refractivity contribution < 1.29 is 5.11 Å². The molecule has 2 aromatic heterocycles. The van der Waals surface area contributed by atoms with Gasteiger partial charge in [-0.05, 0) is 67.5 Å². The first-order valence-corrected chi connectivity index (χ1v) is 11.6. The summed E-state index contributed by atoms with van der Waals surface area (Å²) in [5.74, 6) is 0.149. The van der Waals surface area contributed by atoms with E-state index < -0.39 is 0 Å². The van der Waals surface area contributed by atoms with Gasteiger partial charge >= 0.3 is 0 Å². The van der Waals surface area contributed by atoms with Gasteiger partial charge in [-0.1, -0.05) is 36.9 Å². The number of halogens is 1. The van der Waals surface area contributed by atoms with Crippen molar-refractivity contribution in [2.45, 2.75) is 50.2 Å². The number of hydrogen-bond acceptors (Lipinski definition) is 3. The first kappa shape index (κ1) is 20.3. The van der Waals surface area contributed by atoms with Crippen molar-refractivity contribution in [2.24, 2.45) is 0 Å². The molecule has 1 saturated carbocycles. The number of anilines is 1. The molecule has 5 nitrogen and oxygen atoms in total. The molecule has 0 amide bonds. The molecule has 1 aliphatic heterocycles. The smallest absolute Gasteiger partial charge is 0.174 e. The predicted octanol–water partition coefficient (Wildman–Crippen LogP) is 5.92. The third-order valence-corrected chi connectivity index (χ3v) is 6.93. The number of hydrogen-bond donors (Lipinski definition) is 2. The second kappa shape index (κ2) is 8.52. The topological polar surface area (TPSA) is 53.3 Å². The average Bonchev–Trinajstić information content (AvgIpc) is 3.41. The minimum Gasteiger partial charge on any atom is -0.506 e. The quantitative estimate of drug-likeness (QED) is 0.481. The highest BCUT2D eigenvalue weighted by molar-refractivity contribution is 7.80. The lowest BCUT2D eigenvalue weighted by Gasteiger charge is -2.32. The first-order chi connectivity index (χ1) is 15.1. The summed E-state index contributed by atoms with van der Waals surface area (Å²) in [5, 5.41) is 15.3. The van der Waals surface area contributed by atoms with Crippen molar-refractivity contribution in [3.8, 4) is 5.75 Å². The molecule has 0 radical (unpaired) electrons. The lowest BCUT2D eigenvalue weighted by atomic mass is 9.94. The summed E-state index contributed by atoms with van der Waals surface area (Å²) in [6.45, 7) is 0. The Bertz CT molecular complexity index is 1080. The zero-order chi connectivity index (χ0) is 21.4. The van der Waals surface area contributed by atoms with Crippen LogP contribution in [0.5, 0.6) is 5.75 Å². The van der Waals surface area contributed by atoms with Gasteiger partial charge in [-0.3, -0.25) is 4.98 Å². The van der Waals surface area contributed by atoms with E-state index in [2.05, 4.69) is 33.2 Å². The van der Waals surface area contributed by atoms with Gasteiger partial charge in [0.1, 0.15) is 11.8 Å². The van der Waals surface area contributed by atoms with Crippen molar-refractivity contribution in [1.82, 2.24) is 14.9 Å². The molecular formula is C24H25ClN4OS. The number of thiocarbonyl (C=S) groups is 1. The van der Waals surface area contributed by atoms with Crippen LogP contribution in [-0.2, 0) is 0 Å². The highest BCUT2D eigenvalue weighted by atomic mass is 35.5. The summed E-state index contributed by atoms with van der Waals surface area (Å²) >= 11 is 12.1. The monoisotopic (exact) mass is 452 g/mol. The lowest BCUT2D eigenvalue weighted by molar-refractivity contribution is 0.339. The summed E-state index contributed by atoms with van der Waals surface area (Å²) in [5.41, 5.74) is 2.68. The molecule has 3 aromatic rings. The fourth-order valence-corrected chi connectivity index (χ4v) is 5.46. The number of nitrogens with one attached hydrogen (secondary N) is 1. The summed E-state index contributed by atoms with van der Waals surface area (Å²) in [7, 11) is 0. The number of benzene rings is 1. The van der Waals surface area contributed by atoms with Crippen LogP contribution in [0.1, 0.15) is 61.6 Å². The third kappa shape index (κ3) is 3.79. The van der Waals surface area contributed by atoms with Crippen molar-refractivity contribution >= 4 is 34.6 Å². The Hall–Kier alpha value is -2.57. The van der Waals surface area contributed by atoms with Crippen molar-refractivity contribution in [2.75, 3.05) is 4.90 Å². The molecule has 0 spiro atoms. The molecule has 2 N–H and O–H groups in total. The Balaban J connectivity index is 1.64. The molecule has 2 unspecified atom stereocenters. The maximum atomic E-state index is 10.7. The van der Waals surface area contributed by atoms with Crippen LogP contribution in [0.2, 0.25) is 5.02 Å². The van der Waals surface area contributed by atoms with Gasteiger partial charge in [0, 0.05) is 29.2 Å². The number of aromatic nitrogens is 2. The minimum absolute atomic E-state index is 0.149. The molecule has 31 heavy (non-hydrogen) atoms. The van der Waals surface area contributed by atoms with Crippen LogP contribution in [-0.4, -0.2) is 19.8 Å². The van der Waals surface area contributed by atoms with Crippen LogP contribution < -0.4 is 10.2 Å². The predicted molar refractivity (Wildman–Crippen MR) is 128 cm³/mol. The van der Waals surface area contributed by atoms with Crippen LogP contribution >= 0.6 is 23.8 Å². The van der Waals surface area contributed by atoms with E-state index >= 15 is 0 Å². The molecule has 2 atom stereocenters. The summed E-state index contributed by atoms with van der Waals surface area (Å²) in [6.07, 6.45) is 10.2. The van der Waals surface area contributed by atoms with Gasteiger partial charge in [0.2, 0.25) is 0 Å². The van der Waals surface area contributed by atoms with Gasteiger partial charge in [0.05, 0.1) is 17.4 Å². The largest absolute Gasteiger partial charge is 0.506 e. The normalized spacial score (nSPS) is 22.0. The molecule has 2 fully saturated rings. The SMILES string of the molecule is Oc1ccc(Cl)cc1N1C(=S)NC(c2ccccn2)C1c1cccn1C1CCCCC1. The fourth-order valence-electron chi connectivity index (χ4n) is 4.95. The number of rotatable bonds is 4. The number of phenolic OH excluding ortho intramolecular Hbond substituents is 1. The summed E-state index contributed by atoms with van der Waals surface area (Å²) in [6, 6.07) is 15.4. The van der Waals surface area contributed by atoms with Crippen molar-refractivity contribution in [3.05, 3.63) is 77.3 Å². The van der Waals surface area contributed by atoms with E-state index in [0.29, 0.717) is 21.9 Å². The van der Waals surface area contributed by atoms with Crippen LogP contribution in [0.25, 0.3) is 0 Å². The third-order valence-electron chi connectivity index (χ3n) is 6.38. The molecule has 5 rings (SSSR count). The van der Waals surface area contributed by atoms with Crippen LogP contribution in [0.3, 0.4) is 0 Å². The van der Waals surface area contributed by atoms with E-state index in [9.17, 15) is 5.11 Å². The molecule has 0 bridgehead atoms. The molecule has 3 heterocycles. The van der Waals surface area contributed by atoms with Gasteiger partial charge < -0.3 is 19.9 Å². The first-order valence-electron chi connectivity index (χ1n) is 10.8. The van der Waals surface area contributed by atoms with E-state index in [0.717, 1.165) is 11.4 Å². The Labute approximate surface area is 192 Å². The summed E-state index contributed by atoms with van der Waals surface area (Å²) < 4.78 is 2.41. The van der Waals surface area contributed by atoms with Crippen LogP contribution in [0.4, 0.5) is 5.69 Å². The van der Waals surface area contributed by atoms with E-state index in [4.69, 9.17) is 23.8 Å². The van der Waals surface area contributed by atoms with E-state index in [-0.39, 0.29) is 17.8 Å². The van der Waals surface area contributed by atoms with Crippen molar-refractivity contribution in [3.63, 3.8) is 0 Å². The number of phenols is 1. The van der Waals surface area contributed by atoms with Gasteiger partial charge in [-0.25, -0.2) is 0 Å². The van der Waals surface area contributed by atoms with Gasteiger partial charge in [0.25, 0.3) is 0 Å². The Kier molecular flexibility index (Phi) is 5.59. The average molecular weight is 453 g/mol. The molecule has 160 valence electrons. The fraction of sp³-hybridized carbons (Fsp3) is 0.333. The van der Waals surface area contributed by atoms with E-state index in [1.165, 1.54) is 32.1 Å². The molecule has 1 saturated heterocycles. The molecular weight excluding hydrogens is 428 g/mol. The van der Waals surface area contributed by atoms with Crippen LogP contribution in [0, 0.1) is 0 Å². The highest BCUT2D eigenvalue weighted by Gasteiger charge is 2.43. The number of pyridine rings is 1. The molecule has 1 aromatic carbocycles. The minimum atomic E-state index is -0.163. The van der Waals surface area contributed by atoms with Gasteiger partial charge in [-0.15, -0.1) is 0 Å². The zero-order valence-corrected chi connectivity index (χ0v) is 18.7. The number of aromatic hydroxyl groups is 1. The lowest BCUT2D eigenvalue weighted by Crippen LogP contribution is -2.31. The molecule has 2 aliphatic rings. The molecule has 1 aliphatic carbocycles. The summed E-state index contributed by atoms with van der Waals surface area (Å²) in [4.78, 5) is 6.61. The molecule has 7 heteroatoms. The second-order valence-electron chi connectivity index (χ2n) is 8.26.